The Hall–Kier alpha value is -2.80. The molecule has 0 N–H and O–H groups in total. The Morgan fingerprint density at radius 2 is 1.89 bits per heavy atom. The molecule has 1 fully saturated rings. The summed E-state index contributed by atoms with van der Waals surface area (Å²) in [5, 5.41) is -0.464. The van der Waals surface area contributed by atoms with Crippen LogP contribution in [0.3, 0.4) is 0 Å². The second kappa shape index (κ2) is 8.06. The number of ether oxygens (including phenoxy) is 1. The maximum Gasteiger partial charge on any atom is 0.329 e. The van der Waals surface area contributed by atoms with Crippen molar-refractivity contribution in [3.05, 3.63) is 58.3 Å². The summed E-state index contributed by atoms with van der Waals surface area (Å²) >= 11 is 0.842. The SMILES string of the molecule is CCOC(=O)C(C)N1C(=O)SC(=Cc2cc(C)n(-c3ccccc3)c2C)C1=O. The van der Waals surface area contributed by atoms with Crippen LogP contribution in [0.1, 0.15) is 30.8 Å². The van der Waals surface area contributed by atoms with E-state index >= 15 is 0 Å². The van der Waals surface area contributed by atoms with Crippen LogP contribution in [0.5, 0.6) is 0 Å². The van der Waals surface area contributed by atoms with Crippen molar-refractivity contribution in [3.63, 3.8) is 0 Å². The van der Waals surface area contributed by atoms with Crippen molar-refractivity contribution in [1.29, 1.82) is 0 Å². The van der Waals surface area contributed by atoms with Crippen LogP contribution in [0.25, 0.3) is 11.8 Å². The Morgan fingerprint density at radius 3 is 2.54 bits per heavy atom. The fraction of sp³-hybridized carbons (Fsp3) is 0.286. The molecule has 0 bridgehead atoms. The van der Waals surface area contributed by atoms with Gasteiger partial charge in [0.05, 0.1) is 11.5 Å². The molecule has 3 rings (SSSR count). The number of thioether (sulfide) groups is 1. The van der Waals surface area contributed by atoms with Crippen LogP contribution < -0.4 is 0 Å². The number of hydrogen-bond acceptors (Lipinski definition) is 5. The zero-order valence-electron chi connectivity index (χ0n) is 16.3. The molecule has 1 atom stereocenters. The average Bonchev–Trinajstić information content (AvgIpc) is 3.10. The number of amides is 2. The molecule has 2 heterocycles. The zero-order valence-corrected chi connectivity index (χ0v) is 17.1. The van der Waals surface area contributed by atoms with E-state index < -0.39 is 23.2 Å². The Morgan fingerprint density at radius 1 is 1.21 bits per heavy atom. The fourth-order valence-corrected chi connectivity index (χ4v) is 4.13. The van der Waals surface area contributed by atoms with Gasteiger partial charge in [0.15, 0.2) is 0 Å². The van der Waals surface area contributed by atoms with Crippen LogP contribution in [-0.4, -0.2) is 39.2 Å². The van der Waals surface area contributed by atoms with Gasteiger partial charge in [-0.15, -0.1) is 0 Å². The summed E-state index contributed by atoms with van der Waals surface area (Å²) in [5.41, 5.74) is 3.87. The van der Waals surface area contributed by atoms with E-state index in [0.717, 1.165) is 39.3 Å². The number of para-hydroxylation sites is 1. The molecule has 0 spiro atoms. The van der Waals surface area contributed by atoms with Gasteiger partial charge in [-0.2, -0.15) is 0 Å². The standard InChI is InChI=1S/C21H22N2O4S/c1-5-27-20(25)15(4)23-19(24)18(28-21(23)26)12-16-11-13(2)22(14(16)3)17-9-7-6-8-10-17/h6-12,15H,5H2,1-4H3. The largest absolute Gasteiger partial charge is 0.464 e. The number of nitrogens with zero attached hydrogens (tertiary/aromatic N) is 2. The van der Waals surface area contributed by atoms with Crippen LogP contribution >= 0.6 is 11.8 Å². The zero-order chi connectivity index (χ0) is 20.4. The minimum absolute atomic E-state index is 0.195. The van der Waals surface area contributed by atoms with Crippen molar-refractivity contribution < 1.29 is 19.1 Å². The van der Waals surface area contributed by atoms with Gasteiger partial charge in [0.2, 0.25) is 0 Å². The first kappa shape index (κ1) is 19.9. The van der Waals surface area contributed by atoms with E-state index in [-0.39, 0.29) is 6.61 Å². The van der Waals surface area contributed by atoms with Crippen LogP contribution in [0, 0.1) is 13.8 Å². The number of rotatable bonds is 5. The summed E-state index contributed by atoms with van der Waals surface area (Å²) in [6.45, 7) is 7.34. The molecule has 1 saturated heterocycles. The van der Waals surface area contributed by atoms with Crippen molar-refractivity contribution in [2.75, 3.05) is 6.61 Å². The number of carbonyl (C=O) groups excluding carboxylic acids is 3. The van der Waals surface area contributed by atoms with E-state index in [4.69, 9.17) is 4.74 Å². The summed E-state index contributed by atoms with van der Waals surface area (Å²) in [4.78, 5) is 38.3. The monoisotopic (exact) mass is 398 g/mol. The second-order valence-corrected chi connectivity index (χ2v) is 7.47. The number of aromatic nitrogens is 1. The topological polar surface area (TPSA) is 68.6 Å². The van der Waals surface area contributed by atoms with E-state index in [9.17, 15) is 14.4 Å². The number of hydrogen-bond donors (Lipinski definition) is 0. The lowest BCUT2D eigenvalue weighted by molar-refractivity contribution is -0.150. The van der Waals surface area contributed by atoms with E-state index in [1.165, 1.54) is 6.92 Å². The first-order chi connectivity index (χ1) is 13.3. The number of benzene rings is 1. The van der Waals surface area contributed by atoms with Crippen LogP contribution in [0.15, 0.2) is 41.3 Å². The number of esters is 1. The summed E-state index contributed by atoms with van der Waals surface area (Å²) in [5.74, 6) is -1.06. The Kier molecular flexibility index (Phi) is 5.74. The second-order valence-electron chi connectivity index (χ2n) is 6.48. The quantitative estimate of drug-likeness (QED) is 0.561. The van der Waals surface area contributed by atoms with E-state index in [1.807, 2.05) is 50.2 Å². The summed E-state index contributed by atoms with van der Waals surface area (Å²) in [6.07, 6.45) is 1.71. The van der Waals surface area contributed by atoms with Gasteiger partial charge >= 0.3 is 5.97 Å². The highest BCUT2D eigenvalue weighted by Crippen LogP contribution is 2.35. The molecule has 2 aromatic rings. The van der Waals surface area contributed by atoms with E-state index in [1.54, 1.807) is 13.0 Å². The van der Waals surface area contributed by atoms with E-state index in [2.05, 4.69) is 4.57 Å². The smallest absolute Gasteiger partial charge is 0.329 e. The lowest BCUT2D eigenvalue weighted by atomic mass is 10.2. The third-order valence-electron chi connectivity index (χ3n) is 4.61. The normalized spacial score (nSPS) is 16.7. The van der Waals surface area contributed by atoms with Crippen molar-refractivity contribution >= 4 is 35.0 Å². The molecule has 6 nitrogen and oxygen atoms in total. The van der Waals surface area contributed by atoms with Gasteiger partial charge in [-0.05, 0) is 69.3 Å². The van der Waals surface area contributed by atoms with E-state index in [0.29, 0.717) is 4.91 Å². The molecule has 0 aliphatic carbocycles. The molecular formula is C21H22N2O4S. The maximum atomic E-state index is 12.7. The Balaban J connectivity index is 1.92. The van der Waals surface area contributed by atoms with Crippen molar-refractivity contribution in [3.8, 4) is 5.69 Å². The molecule has 1 aliphatic rings. The molecule has 1 aromatic carbocycles. The van der Waals surface area contributed by atoms with Gasteiger partial charge in [0.25, 0.3) is 11.1 Å². The number of imide groups is 1. The van der Waals surface area contributed by atoms with Crippen LogP contribution in [0.2, 0.25) is 0 Å². The maximum absolute atomic E-state index is 12.7. The molecule has 1 aliphatic heterocycles. The predicted octanol–water partition coefficient (Wildman–Crippen LogP) is 4.08. The lowest BCUT2D eigenvalue weighted by Gasteiger charge is -2.19. The molecule has 1 unspecified atom stereocenters. The molecule has 0 saturated carbocycles. The van der Waals surface area contributed by atoms with Gasteiger partial charge in [-0.1, -0.05) is 18.2 Å². The molecule has 0 radical (unpaired) electrons. The molecule has 2 amide bonds. The van der Waals surface area contributed by atoms with Gasteiger partial charge in [0.1, 0.15) is 6.04 Å². The third-order valence-corrected chi connectivity index (χ3v) is 5.49. The van der Waals surface area contributed by atoms with Gasteiger partial charge < -0.3 is 9.30 Å². The lowest BCUT2D eigenvalue weighted by Crippen LogP contribution is -2.42. The van der Waals surface area contributed by atoms with Gasteiger partial charge in [-0.3, -0.25) is 14.5 Å². The summed E-state index contributed by atoms with van der Waals surface area (Å²) in [7, 11) is 0. The molecule has 1 aromatic heterocycles. The number of carbonyl (C=O) groups is 3. The van der Waals surface area contributed by atoms with Crippen molar-refractivity contribution in [2.24, 2.45) is 0 Å². The Labute approximate surface area is 168 Å². The minimum Gasteiger partial charge on any atom is -0.464 e. The average molecular weight is 398 g/mol. The summed E-state index contributed by atoms with van der Waals surface area (Å²) < 4.78 is 7.03. The molecular weight excluding hydrogens is 376 g/mol. The molecule has 146 valence electrons. The highest BCUT2D eigenvalue weighted by molar-refractivity contribution is 8.18. The molecule has 7 heteroatoms. The third kappa shape index (κ3) is 3.62. The Bertz CT molecular complexity index is 962. The first-order valence-electron chi connectivity index (χ1n) is 9.03. The first-order valence-corrected chi connectivity index (χ1v) is 9.84. The van der Waals surface area contributed by atoms with Crippen molar-refractivity contribution in [1.82, 2.24) is 9.47 Å². The minimum atomic E-state index is -0.949. The predicted molar refractivity (Wildman–Crippen MR) is 109 cm³/mol. The van der Waals surface area contributed by atoms with Gasteiger partial charge in [-0.25, -0.2) is 4.79 Å². The van der Waals surface area contributed by atoms with Crippen LogP contribution in [0.4, 0.5) is 4.79 Å². The fourth-order valence-electron chi connectivity index (χ4n) is 3.23. The van der Waals surface area contributed by atoms with Crippen molar-refractivity contribution in [2.45, 2.75) is 33.7 Å². The number of aryl methyl sites for hydroxylation is 1. The van der Waals surface area contributed by atoms with Crippen LogP contribution in [-0.2, 0) is 14.3 Å². The summed E-state index contributed by atoms with van der Waals surface area (Å²) in [6, 6.07) is 10.9. The highest BCUT2D eigenvalue weighted by atomic mass is 32.2. The highest BCUT2D eigenvalue weighted by Gasteiger charge is 2.41. The van der Waals surface area contributed by atoms with Gasteiger partial charge in [0, 0.05) is 17.1 Å². The molecule has 28 heavy (non-hydrogen) atoms.